The van der Waals surface area contributed by atoms with Gasteiger partial charge in [0.25, 0.3) is 0 Å². The van der Waals surface area contributed by atoms with Crippen LogP contribution in [-0.4, -0.2) is 32.7 Å². The molecule has 0 bridgehead atoms. The number of oxime groups is 1. The molecule has 0 aliphatic heterocycles. The summed E-state index contributed by atoms with van der Waals surface area (Å²) in [6.07, 6.45) is 1.17. The number of hydrogen-bond acceptors (Lipinski definition) is 4. The van der Waals surface area contributed by atoms with Crippen LogP contribution < -0.4 is 0 Å². The summed E-state index contributed by atoms with van der Waals surface area (Å²) in [6, 6.07) is 4.52. The second-order valence-electron chi connectivity index (χ2n) is 2.92. The minimum Gasteiger partial charge on any atom is -0.478 e. The highest BCUT2D eigenvalue weighted by atomic mass is 16.4. The fourth-order valence-corrected chi connectivity index (χ4v) is 1.32. The molecule has 0 aliphatic rings. The molecule has 1 heterocycles. The van der Waals surface area contributed by atoms with Crippen molar-refractivity contribution in [2.45, 2.75) is 0 Å². The molecule has 1 aromatic heterocycles. The fourth-order valence-electron chi connectivity index (χ4n) is 1.32. The Morgan fingerprint density at radius 3 is 3.00 bits per heavy atom. The zero-order valence-corrected chi connectivity index (χ0v) is 7.51. The number of H-pyrrole nitrogens is 1. The first kappa shape index (κ1) is 9.20. The van der Waals surface area contributed by atoms with Crippen LogP contribution in [0.4, 0.5) is 0 Å². The van der Waals surface area contributed by atoms with Crippen molar-refractivity contribution in [1.29, 1.82) is 0 Å². The first-order valence-corrected chi connectivity index (χ1v) is 4.11. The van der Waals surface area contributed by atoms with Crippen LogP contribution in [0.5, 0.6) is 0 Å². The van der Waals surface area contributed by atoms with E-state index in [1.807, 2.05) is 0 Å². The Kier molecular flexibility index (Phi) is 2.09. The largest absolute Gasteiger partial charge is 0.478 e. The number of aromatic amines is 1. The summed E-state index contributed by atoms with van der Waals surface area (Å²) in [5.41, 5.74) is 1.25. The number of nitrogens with zero attached hydrogens (tertiary/aromatic N) is 2. The zero-order chi connectivity index (χ0) is 10.8. The van der Waals surface area contributed by atoms with Crippen molar-refractivity contribution >= 4 is 23.1 Å². The number of carbonyl (C=O) groups is 1. The Labute approximate surface area is 83.8 Å². The molecule has 3 N–H and O–H groups in total. The maximum absolute atomic E-state index is 10.7. The molecule has 2 aromatic rings. The van der Waals surface area contributed by atoms with Gasteiger partial charge in [-0.1, -0.05) is 5.16 Å². The van der Waals surface area contributed by atoms with Gasteiger partial charge in [0.05, 0.1) is 23.0 Å². The van der Waals surface area contributed by atoms with E-state index in [2.05, 4.69) is 15.4 Å². The molecule has 0 saturated heterocycles. The average molecular weight is 205 g/mol. The highest BCUT2D eigenvalue weighted by molar-refractivity contribution is 6.00. The summed E-state index contributed by atoms with van der Waals surface area (Å²) in [5, 5.41) is 27.2. The van der Waals surface area contributed by atoms with Gasteiger partial charge in [0.1, 0.15) is 0 Å². The summed E-state index contributed by atoms with van der Waals surface area (Å²) in [5.74, 6) is -1.01. The lowest BCUT2D eigenvalue weighted by atomic mass is 10.1. The Hall–Kier alpha value is -2.37. The number of benzene rings is 1. The first-order valence-electron chi connectivity index (χ1n) is 4.11. The van der Waals surface area contributed by atoms with E-state index in [9.17, 15) is 4.79 Å². The monoisotopic (exact) mass is 205 g/mol. The molecule has 0 amide bonds. The molecule has 0 unspecified atom stereocenters. The second kappa shape index (κ2) is 3.41. The van der Waals surface area contributed by atoms with E-state index < -0.39 is 5.97 Å². The third kappa shape index (κ3) is 1.52. The number of fused-ring (bicyclic) bond motifs is 1. The van der Waals surface area contributed by atoms with Crippen molar-refractivity contribution in [3.8, 4) is 0 Å². The minimum atomic E-state index is -1.01. The topological polar surface area (TPSA) is 98.6 Å². The normalized spacial score (nSPS) is 11.2. The van der Waals surface area contributed by atoms with E-state index in [1.165, 1.54) is 18.3 Å². The molecule has 0 radical (unpaired) electrons. The molecular weight excluding hydrogens is 198 g/mol. The predicted octanol–water partition coefficient (Wildman–Crippen LogP) is 1.07. The summed E-state index contributed by atoms with van der Waals surface area (Å²) in [7, 11) is 0. The molecule has 2 rings (SSSR count). The van der Waals surface area contributed by atoms with Crippen molar-refractivity contribution in [2.24, 2.45) is 5.16 Å². The Morgan fingerprint density at radius 1 is 1.53 bits per heavy atom. The third-order valence-electron chi connectivity index (χ3n) is 2.02. The third-order valence-corrected chi connectivity index (χ3v) is 2.02. The van der Waals surface area contributed by atoms with Crippen molar-refractivity contribution in [3.05, 3.63) is 29.5 Å². The maximum Gasteiger partial charge on any atom is 0.335 e. The number of rotatable bonds is 2. The van der Waals surface area contributed by atoms with E-state index in [0.717, 1.165) is 0 Å². The average Bonchev–Trinajstić information content (AvgIpc) is 2.61. The number of aromatic carboxylic acids is 1. The highest BCUT2D eigenvalue weighted by Crippen LogP contribution is 2.16. The number of hydrogen-bond donors (Lipinski definition) is 3. The lowest BCUT2D eigenvalue weighted by molar-refractivity contribution is 0.0697. The van der Waals surface area contributed by atoms with Gasteiger partial charge in [-0.25, -0.2) is 4.79 Å². The van der Waals surface area contributed by atoms with Crippen LogP contribution >= 0.6 is 0 Å². The van der Waals surface area contributed by atoms with Crippen LogP contribution in [0.25, 0.3) is 10.9 Å². The molecule has 0 saturated carbocycles. The lowest BCUT2D eigenvalue weighted by Gasteiger charge is -1.93. The van der Waals surface area contributed by atoms with Crippen LogP contribution in [-0.2, 0) is 0 Å². The van der Waals surface area contributed by atoms with Crippen molar-refractivity contribution in [1.82, 2.24) is 10.2 Å². The van der Waals surface area contributed by atoms with Crippen molar-refractivity contribution < 1.29 is 15.1 Å². The predicted molar refractivity (Wildman–Crippen MR) is 52.4 cm³/mol. The standard InChI is InChI=1S/C9H7N3O3/c13-9(14)5-1-2-7-6(3-5)8(4-10-15)12-11-7/h1-4,15H,(H,11,12)(H,13,14)/b10-4+. The minimum absolute atomic E-state index is 0.163. The Balaban J connectivity index is 2.66. The zero-order valence-electron chi connectivity index (χ0n) is 7.51. The molecular formula is C9H7N3O3. The number of carboxylic acids is 1. The van der Waals surface area contributed by atoms with Crippen LogP contribution in [0.3, 0.4) is 0 Å². The van der Waals surface area contributed by atoms with E-state index in [1.54, 1.807) is 6.07 Å². The number of carboxylic acid groups (broad SMARTS) is 1. The Morgan fingerprint density at radius 2 is 2.33 bits per heavy atom. The van der Waals surface area contributed by atoms with Gasteiger partial charge in [-0.05, 0) is 18.2 Å². The molecule has 15 heavy (non-hydrogen) atoms. The maximum atomic E-state index is 10.7. The summed E-state index contributed by atoms with van der Waals surface area (Å²) >= 11 is 0. The molecule has 6 nitrogen and oxygen atoms in total. The first-order chi connectivity index (χ1) is 7.22. The fraction of sp³-hybridized carbons (Fsp3) is 0. The summed E-state index contributed by atoms with van der Waals surface area (Å²) < 4.78 is 0. The van der Waals surface area contributed by atoms with Gasteiger partial charge < -0.3 is 10.3 Å². The van der Waals surface area contributed by atoms with Gasteiger partial charge >= 0.3 is 5.97 Å². The second-order valence-corrected chi connectivity index (χ2v) is 2.92. The molecule has 0 aliphatic carbocycles. The quantitative estimate of drug-likeness (QED) is 0.388. The van der Waals surface area contributed by atoms with E-state index in [4.69, 9.17) is 10.3 Å². The molecule has 0 spiro atoms. The van der Waals surface area contributed by atoms with Crippen molar-refractivity contribution in [2.75, 3.05) is 0 Å². The smallest absolute Gasteiger partial charge is 0.335 e. The SMILES string of the molecule is O=C(O)c1ccc2n[nH]c(/C=N/O)c2c1. The van der Waals surface area contributed by atoms with Crippen LogP contribution in [0.1, 0.15) is 16.1 Å². The van der Waals surface area contributed by atoms with Crippen molar-refractivity contribution in [3.63, 3.8) is 0 Å². The van der Waals surface area contributed by atoms with Gasteiger partial charge in [0, 0.05) is 5.39 Å². The van der Waals surface area contributed by atoms with Crippen LogP contribution in [0.15, 0.2) is 23.4 Å². The van der Waals surface area contributed by atoms with Gasteiger partial charge in [0.2, 0.25) is 0 Å². The van der Waals surface area contributed by atoms with Gasteiger partial charge in [0.15, 0.2) is 0 Å². The van der Waals surface area contributed by atoms with E-state index >= 15 is 0 Å². The molecule has 0 atom stereocenters. The van der Waals surface area contributed by atoms with Crippen LogP contribution in [0.2, 0.25) is 0 Å². The highest BCUT2D eigenvalue weighted by Gasteiger charge is 2.08. The van der Waals surface area contributed by atoms with Crippen LogP contribution in [0, 0.1) is 0 Å². The Bertz CT molecular complexity index is 545. The van der Waals surface area contributed by atoms with Gasteiger partial charge in [-0.3, -0.25) is 5.10 Å². The van der Waals surface area contributed by atoms with Gasteiger partial charge in [-0.15, -0.1) is 0 Å². The summed E-state index contributed by atoms with van der Waals surface area (Å²) in [6.45, 7) is 0. The molecule has 76 valence electrons. The molecule has 6 heteroatoms. The molecule has 1 aromatic carbocycles. The van der Waals surface area contributed by atoms with E-state index in [-0.39, 0.29) is 5.56 Å². The lowest BCUT2D eigenvalue weighted by Crippen LogP contribution is -1.95. The molecule has 0 fully saturated rings. The summed E-state index contributed by atoms with van der Waals surface area (Å²) in [4.78, 5) is 10.7. The number of aromatic nitrogens is 2. The van der Waals surface area contributed by atoms with Gasteiger partial charge in [-0.2, -0.15) is 5.10 Å². The van der Waals surface area contributed by atoms with E-state index in [0.29, 0.717) is 16.6 Å². The number of nitrogens with one attached hydrogen (secondary N) is 1.